The highest BCUT2D eigenvalue weighted by atomic mass is 32.1. The second kappa shape index (κ2) is 15.1. The first-order valence-corrected chi connectivity index (χ1v) is 14.7. The van der Waals surface area contributed by atoms with Crippen LogP contribution < -0.4 is 29.6 Å². The molecule has 0 saturated carbocycles. The molecule has 1 heterocycles. The van der Waals surface area contributed by atoms with Crippen molar-refractivity contribution in [2.24, 2.45) is 0 Å². The molecular formula is C33H37N3O6S. The van der Waals surface area contributed by atoms with E-state index in [1.165, 1.54) is 0 Å². The second-order valence-electron chi connectivity index (χ2n) is 9.68. The summed E-state index contributed by atoms with van der Waals surface area (Å²) in [7, 11) is 0. The molecule has 43 heavy (non-hydrogen) atoms. The third-order valence-electron chi connectivity index (χ3n) is 6.47. The van der Waals surface area contributed by atoms with Gasteiger partial charge in [0.05, 0.1) is 19.8 Å². The molecule has 1 fully saturated rings. The van der Waals surface area contributed by atoms with Crippen LogP contribution >= 0.6 is 12.2 Å². The lowest BCUT2D eigenvalue weighted by molar-refractivity contribution is -0.122. The van der Waals surface area contributed by atoms with Crippen molar-refractivity contribution in [3.05, 3.63) is 83.1 Å². The molecule has 1 saturated heterocycles. The van der Waals surface area contributed by atoms with Gasteiger partial charge in [0.25, 0.3) is 11.8 Å². The smallest absolute Gasteiger partial charge is 0.276 e. The molecule has 1 aliphatic rings. The molecule has 0 atom stereocenters. The number of nitrogens with zero attached hydrogens (tertiary/aromatic N) is 1. The second-order valence-corrected chi connectivity index (χ2v) is 10.1. The molecule has 1 aliphatic heterocycles. The Kier molecular flexibility index (Phi) is 11.0. The standard InChI is InChI=1S/C33H37N3O6S/c1-5-39-27-14-10-23(19-29(27)40-6-2)16-17-36-32(38)26(35-33(36)43)18-24-11-15-28(30(20-24)41-7-3)42-21-31(37)34-25-12-8-22(4)9-13-25/h8-15,18-20H,5-7,16-17,21H2,1-4H3,(H,34,37)(H,35,43)/b26-18+. The number of aryl methyl sites for hydroxylation is 1. The van der Waals surface area contributed by atoms with Crippen LogP contribution in [0.25, 0.3) is 6.08 Å². The van der Waals surface area contributed by atoms with Crippen LogP contribution in [0.4, 0.5) is 5.69 Å². The Labute approximate surface area is 257 Å². The minimum absolute atomic E-state index is 0.182. The van der Waals surface area contributed by atoms with Crippen molar-refractivity contribution in [2.45, 2.75) is 34.1 Å². The topological polar surface area (TPSA) is 98.4 Å². The first-order chi connectivity index (χ1) is 20.8. The number of anilines is 1. The summed E-state index contributed by atoms with van der Waals surface area (Å²) in [6.07, 6.45) is 2.31. The van der Waals surface area contributed by atoms with E-state index in [0.717, 1.165) is 11.1 Å². The summed E-state index contributed by atoms with van der Waals surface area (Å²) in [5, 5.41) is 6.18. The van der Waals surface area contributed by atoms with Crippen molar-refractivity contribution in [1.82, 2.24) is 10.2 Å². The van der Waals surface area contributed by atoms with E-state index in [0.29, 0.717) is 77.8 Å². The maximum Gasteiger partial charge on any atom is 0.276 e. The molecule has 4 rings (SSSR count). The normalized spacial score (nSPS) is 13.6. The Morgan fingerprint density at radius 1 is 0.860 bits per heavy atom. The molecule has 2 N–H and O–H groups in total. The van der Waals surface area contributed by atoms with Gasteiger partial charge in [-0.3, -0.25) is 14.5 Å². The van der Waals surface area contributed by atoms with Crippen LogP contribution in [-0.2, 0) is 16.0 Å². The van der Waals surface area contributed by atoms with Crippen LogP contribution in [-0.4, -0.2) is 54.8 Å². The van der Waals surface area contributed by atoms with Crippen molar-refractivity contribution in [2.75, 3.05) is 38.3 Å². The number of benzene rings is 3. The lowest BCUT2D eigenvalue weighted by Gasteiger charge is -2.16. The van der Waals surface area contributed by atoms with E-state index in [1.807, 2.05) is 70.2 Å². The number of ether oxygens (including phenoxy) is 4. The highest BCUT2D eigenvalue weighted by Gasteiger charge is 2.30. The van der Waals surface area contributed by atoms with Gasteiger partial charge in [0, 0.05) is 12.2 Å². The number of hydrogen-bond donors (Lipinski definition) is 2. The molecule has 3 aromatic rings. The fourth-order valence-electron chi connectivity index (χ4n) is 4.41. The molecule has 0 aromatic heterocycles. The summed E-state index contributed by atoms with van der Waals surface area (Å²) >= 11 is 5.47. The van der Waals surface area contributed by atoms with Gasteiger partial charge >= 0.3 is 0 Å². The molecule has 0 aliphatic carbocycles. The van der Waals surface area contributed by atoms with Crippen LogP contribution in [0.1, 0.15) is 37.5 Å². The number of carbonyl (C=O) groups excluding carboxylic acids is 2. The predicted molar refractivity (Wildman–Crippen MR) is 171 cm³/mol. The quantitative estimate of drug-likeness (QED) is 0.184. The van der Waals surface area contributed by atoms with Crippen LogP contribution in [0.3, 0.4) is 0 Å². The van der Waals surface area contributed by atoms with Gasteiger partial charge in [-0.2, -0.15) is 0 Å². The maximum absolute atomic E-state index is 13.2. The van der Waals surface area contributed by atoms with Crippen molar-refractivity contribution in [1.29, 1.82) is 0 Å². The third-order valence-corrected chi connectivity index (χ3v) is 6.79. The zero-order valence-electron chi connectivity index (χ0n) is 24.9. The maximum atomic E-state index is 13.2. The summed E-state index contributed by atoms with van der Waals surface area (Å²) < 4.78 is 22.9. The van der Waals surface area contributed by atoms with E-state index >= 15 is 0 Å². The molecule has 0 radical (unpaired) electrons. The highest BCUT2D eigenvalue weighted by molar-refractivity contribution is 7.80. The van der Waals surface area contributed by atoms with Gasteiger partial charge in [0.15, 0.2) is 34.7 Å². The van der Waals surface area contributed by atoms with E-state index in [-0.39, 0.29) is 18.4 Å². The molecule has 2 amide bonds. The Balaban J connectivity index is 1.40. The number of carbonyl (C=O) groups is 2. The van der Waals surface area contributed by atoms with Gasteiger partial charge in [0.2, 0.25) is 0 Å². The SMILES string of the molecule is CCOc1ccc(CCN2C(=O)/C(=C\c3ccc(OCC(=O)Nc4ccc(C)cc4)c(OCC)c3)NC2=S)cc1OCC. The van der Waals surface area contributed by atoms with Gasteiger partial charge in [-0.05, 0) is 99.9 Å². The largest absolute Gasteiger partial charge is 0.490 e. The predicted octanol–water partition coefficient (Wildman–Crippen LogP) is 5.51. The number of nitrogens with one attached hydrogen (secondary N) is 2. The van der Waals surface area contributed by atoms with Crippen molar-refractivity contribution < 1.29 is 28.5 Å². The molecule has 0 unspecified atom stereocenters. The molecule has 0 spiro atoms. The summed E-state index contributed by atoms with van der Waals surface area (Å²) in [5.74, 6) is 1.76. The number of amides is 2. The molecule has 226 valence electrons. The van der Waals surface area contributed by atoms with E-state index in [2.05, 4.69) is 10.6 Å². The van der Waals surface area contributed by atoms with E-state index in [4.69, 9.17) is 31.2 Å². The van der Waals surface area contributed by atoms with E-state index < -0.39 is 0 Å². The first-order valence-electron chi connectivity index (χ1n) is 14.3. The Morgan fingerprint density at radius 3 is 2.19 bits per heavy atom. The van der Waals surface area contributed by atoms with Gasteiger partial charge in [-0.25, -0.2) is 0 Å². The lowest BCUT2D eigenvalue weighted by atomic mass is 10.1. The van der Waals surface area contributed by atoms with Crippen LogP contribution in [0.15, 0.2) is 66.4 Å². The summed E-state index contributed by atoms with van der Waals surface area (Å²) in [5.41, 5.74) is 3.88. The van der Waals surface area contributed by atoms with Gasteiger partial charge in [0.1, 0.15) is 5.70 Å². The zero-order chi connectivity index (χ0) is 30.8. The monoisotopic (exact) mass is 603 g/mol. The zero-order valence-corrected chi connectivity index (χ0v) is 25.7. The minimum atomic E-state index is -0.286. The fraction of sp³-hybridized carbons (Fsp3) is 0.303. The number of hydrogen-bond acceptors (Lipinski definition) is 7. The van der Waals surface area contributed by atoms with Crippen molar-refractivity contribution in [3.8, 4) is 23.0 Å². The summed E-state index contributed by atoms with van der Waals surface area (Å²) in [6.45, 7) is 9.39. The summed E-state index contributed by atoms with van der Waals surface area (Å²) in [4.78, 5) is 27.2. The molecule has 10 heteroatoms. The minimum Gasteiger partial charge on any atom is -0.490 e. The van der Waals surface area contributed by atoms with Crippen LogP contribution in [0.5, 0.6) is 23.0 Å². The number of thiocarbonyl (C=S) groups is 1. The molecule has 3 aromatic carbocycles. The van der Waals surface area contributed by atoms with Gasteiger partial charge in [-0.1, -0.05) is 29.8 Å². The number of rotatable bonds is 14. The van der Waals surface area contributed by atoms with E-state index in [9.17, 15) is 9.59 Å². The summed E-state index contributed by atoms with van der Waals surface area (Å²) in [6, 6.07) is 18.6. The highest BCUT2D eigenvalue weighted by Crippen LogP contribution is 2.31. The van der Waals surface area contributed by atoms with Crippen LogP contribution in [0, 0.1) is 6.92 Å². The average molecular weight is 604 g/mol. The van der Waals surface area contributed by atoms with Crippen LogP contribution in [0.2, 0.25) is 0 Å². The Morgan fingerprint density at radius 2 is 1.49 bits per heavy atom. The lowest BCUT2D eigenvalue weighted by Crippen LogP contribution is -2.32. The van der Waals surface area contributed by atoms with Gasteiger partial charge < -0.3 is 29.6 Å². The Bertz CT molecular complexity index is 1490. The molecule has 0 bridgehead atoms. The average Bonchev–Trinajstić information content (AvgIpc) is 3.25. The van der Waals surface area contributed by atoms with Crippen molar-refractivity contribution >= 4 is 40.9 Å². The third kappa shape index (κ3) is 8.48. The fourth-order valence-corrected chi connectivity index (χ4v) is 4.70. The van der Waals surface area contributed by atoms with Crippen molar-refractivity contribution in [3.63, 3.8) is 0 Å². The first kappa shape index (κ1) is 31.4. The molecular weight excluding hydrogens is 566 g/mol. The molecule has 9 nitrogen and oxygen atoms in total. The van der Waals surface area contributed by atoms with Gasteiger partial charge in [-0.15, -0.1) is 0 Å². The van der Waals surface area contributed by atoms with E-state index in [1.54, 1.807) is 29.2 Å². The Hall–Kier alpha value is -4.57.